The molecule has 0 aromatic heterocycles. The minimum absolute atomic E-state index is 0.0616. The van der Waals surface area contributed by atoms with E-state index in [4.69, 9.17) is 4.74 Å². The average molecular weight is 296 g/mol. The smallest absolute Gasteiger partial charge is 0.161 e. The fourth-order valence-corrected chi connectivity index (χ4v) is 6.86. The molecule has 1 heterocycles. The Morgan fingerprint density at radius 3 is 2.95 bits per heavy atom. The van der Waals surface area contributed by atoms with Crippen molar-refractivity contribution in [2.45, 2.75) is 69.5 Å². The molecule has 3 rings (SSSR count). The summed E-state index contributed by atoms with van der Waals surface area (Å²) in [7, 11) is 0. The van der Waals surface area contributed by atoms with Gasteiger partial charge in [0, 0.05) is 16.6 Å². The normalized spacial score (nSPS) is 50.8. The van der Waals surface area contributed by atoms with Crippen LogP contribution in [0.5, 0.6) is 0 Å². The van der Waals surface area contributed by atoms with Crippen LogP contribution in [0.25, 0.3) is 0 Å². The van der Waals surface area contributed by atoms with E-state index >= 15 is 0 Å². The molecular weight excluding hydrogens is 268 g/mol. The Morgan fingerprint density at radius 1 is 1.45 bits per heavy atom. The third kappa shape index (κ3) is 1.79. The van der Waals surface area contributed by atoms with Gasteiger partial charge in [0.25, 0.3) is 0 Å². The zero-order chi connectivity index (χ0) is 14.4. The first-order chi connectivity index (χ1) is 9.61. The van der Waals surface area contributed by atoms with Crippen molar-refractivity contribution in [1.82, 2.24) is 0 Å². The second kappa shape index (κ2) is 5.33. The number of aliphatic hydroxyl groups excluding tert-OH is 1. The van der Waals surface area contributed by atoms with Gasteiger partial charge >= 0.3 is 0 Å². The van der Waals surface area contributed by atoms with Crippen molar-refractivity contribution in [2.24, 2.45) is 17.3 Å². The maximum absolute atomic E-state index is 10.8. The highest BCUT2D eigenvalue weighted by molar-refractivity contribution is 7.99. The van der Waals surface area contributed by atoms with E-state index in [1.165, 1.54) is 25.7 Å². The van der Waals surface area contributed by atoms with Crippen molar-refractivity contribution >= 4 is 11.8 Å². The molecule has 2 saturated carbocycles. The molecule has 0 amide bonds. The van der Waals surface area contributed by atoms with E-state index in [2.05, 4.69) is 20.4 Å². The summed E-state index contributed by atoms with van der Waals surface area (Å²) in [5.41, 5.74) is -0.138. The predicted molar refractivity (Wildman–Crippen MR) is 84.7 cm³/mol. The molecule has 6 atom stereocenters. The molecule has 2 nitrogen and oxygen atoms in total. The summed E-state index contributed by atoms with van der Waals surface area (Å²) in [4.78, 5) is 0. The molecule has 1 N–H and O–H groups in total. The molecule has 0 radical (unpaired) electrons. The van der Waals surface area contributed by atoms with Gasteiger partial charge in [0.1, 0.15) is 0 Å². The van der Waals surface area contributed by atoms with Gasteiger partial charge in [-0.1, -0.05) is 32.8 Å². The first kappa shape index (κ1) is 14.9. The number of hydrogen-bond acceptors (Lipinski definition) is 3. The van der Waals surface area contributed by atoms with E-state index in [-0.39, 0.29) is 11.0 Å². The number of ether oxygens (including phenoxy) is 1. The Morgan fingerprint density at radius 2 is 2.25 bits per heavy atom. The van der Waals surface area contributed by atoms with Crippen molar-refractivity contribution in [1.29, 1.82) is 0 Å². The molecule has 20 heavy (non-hydrogen) atoms. The number of thioether (sulfide) groups is 1. The summed E-state index contributed by atoms with van der Waals surface area (Å²) in [5, 5.41) is 11.3. The highest BCUT2D eigenvalue weighted by atomic mass is 32.2. The van der Waals surface area contributed by atoms with Gasteiger partial charge in [-0.05, 0) is 37.4 Å². The largest absolute Gasteiger partial charge is 0.367 e. The van der Waals surface area contributed by atoms with Crippen LogP contribution in [0, 0.1) is 17.3 Å². The Kier molecular flexibility index (Phi) is 3.98. The van der Waals surface area contributed by atoms with Crippen LogP contribution in [-0.2, 0) is 4.74 Å². The van der Waals surface area contributed by atoms with Crippen molar-refractivity contribution in [3.8, 4) is 0 Å². The lowest BCUT2D eigenvalue weighted by Gasteiger charge is -2.54. The summed E-state index contributed by atoms with van der Waals surface area (Å²) in [6, 6.07) is 0. The fourth-order valence-electron chi connectivity index (χ4n) is 5.42. The highest BCUT2D eigenvalue weighted by Crippen LogP contribution is 2.67. The third-order valence-electron chi connectivity index (χ3n) is 6.24. The summed E-state index contributed by atoms with van der Waals surface area (Å²) in [6.45, 7) is 8.51. The number of allylic oxidation sites excluding steroid dienone is 1. The van der Waals surface area contributed by atoms with Crippen LogP contribution in [0.3, 0.4) is 0 Å². The van der Waals surface area contributed by atoms with Crippen LogP contribution in [0.15, 0.2) is 12.7 Å². The van der Waals surface area contributed by atoms with Crippen LogP contribution in [0.1, 0.15) is 52.4 Å². The second-order valence-corrected chi connectivity index (χ2v) is 8.39. The van der Waals surface area contributed by atoms with Crippen LogP contribution in [0.4, 0.5) is 0 Å². The molecule has 0 aromatic carbocycles. The lowest BCUT2D eigenvalue weighted by atomic mass is 9.52. The van der Waals surface area contributed by atoms with E-state index in [9.17, 15) is 5.11 Å². The van der Waals surface area contributed by atoms with E-state index in [0.717, 1.165) is 18.6 Å². The van der Waals surface area contributed by atoms with Gasteiger partial charge in [0.05, 0.1) is 5.60 Å². The lowest BCUT2D eigenvalue weighted by molar-refractivity contribution is -0.163. The lowest BCUT2D eigenvalue weighted by Crippen LogP contribution is -2.57. The molecule has 2 aliphatic carbocycles. The molecule has 1 aliphatic heterocycles. The molecule has 0 aromatic rings. The van der Waals surface area contributed by atoms with Gasteiger partial charge in [-0.25, -0.2) is 0 Å². The fraction of sp³-hybridized carbons (Fsp3) is 0.882. The minimum atomic E-state index is -0.596. The second-order valence-electron chi connectivity index (χ2n) is 6.91. The summed E-state index contributed by atoms with van der Waals surface area (Å²) < 4.78 is 6.36. The molecule has 3 heteroatoms. The molecule has 114 valence electrons. The average Bonchev–Trinajstić information content (AvgIpc) is 2.65. The zero-order valence-electron chi connectivity index (χ0n) is 12.8. The summed E-state index contributed by atoms with van der Waals surface area (Å²) in [5.74, 6) is 2.17. The van der Waals surface area contributed by atoms with Crippen LogP contribution >= 0.6 is 11.8 Å². The van der Waals surface area contributed by atoms with E-state index in [1.54, 1.807) is 0 Å². The Labute approximate surface area is 127 Å². The van der Waals surface area contributed by atoms with Crippen molar-refractivity contribution in [3.05, 3.63) is 12.7 Å². The number of hydrogen-bond donors (Lipinski definition) is 1. The Balaban J connectivity index is 2.04. The Bertz CT molecular complexity index is 385. The van der Waals surface area contributed by atoms with Gasteiger partial charge in [-0.15, -0.1) is 6.58 Å². The van der Waals surface area contributed by atoms with Crippen molar-refractivity contribution in [2.75, 3.05) is 5.75 Å². The van der Waals surface area contributed by atoms with Gasteiger partial charge < -0.3 is 9.84 Å². The molecule has 3 fully saturated rings. The topological polar surface area (TPSA) is 29.5 Å². The molecule has 5 unspecified atom stereocenters. The quantitative estimate of drug-likeness (QED) is 0.796. The van der Waals surface area contributed by atoms with Crippen LogP contribution < -0.4 is 0 Å². The zero-order valence-corrected chi connectivity index (χ0v) is 13.6. The standard InChI is InChI=1S/C17H28O2S/c1-4-9-16-12(3)11-14(20-5-2)17(19-15(16)18)10-7-6-8-13(16)17/h4,12-15,18H,1,5-11H2,2-3H3/t12?,13?,14?,15-,16?,17?/m0/s1. The van der Waals surface area contributed by atoms with Gasteiger partial charge in [0.15, 0.2) is 6.29 Å². The molecule has 2 bridgehead atoms. The third-order valence-corrected chi connectivity index (χ3v) is 7.56. The first-order valence-electron chi connectivity index (χ1n) is 8.20. The molecular formula is C17H28O2S. The van der Waals surface area contributed by atoms with Gasteiger partial charge in [0.2, 0.25) is 0 Å². The first-order valence-corrected chi connectivity index (χ1v) is 9.25. The van der Waals surface area contributed by atoms with E-state index in [1.807, 2.05) is 17.8 Å². The highest BCUT2D eigenvalue weighted by Gasteiger charge is 2.70. The Hall–Kier alpha value is 0.01000. The minimum Gasteiger partial charge on any atom is -0.367 e. The van der Waals surface area contributed by atoms with Crippen LogP contribution in [-0.4, -0.2) is 28.0 Å². The van der Waals surface area contributed by atoms with E-state index in [0.29, 0.717) is 17.1 Å². The van der Waals surface area contributed by atoms with Gasteiger partial charge in [-0.3, -0.25) is 0 Å². The monoisotopic (exact) mass is 296 g/mol. The summed E-state index contributed by atoms with van der Waals surface area (Å²) >= 11 is 2.05. The predicted octanol–water partition coefficient (Wildman–Crippen LogP) is 3.99. The molecule has 0 spiro atoms. The maximum Gasteiger partial charge on any atom is 0.161 e. The van der Waals surface area contributed by atoms with Crippen molar-refractivity contribution in [3.63, 3.8) is 0 Å². The molecule has 1 saturated heterocycles. The molecule has 3 aliphatic rings. The number of rotatable bonds is 4. The van der Waals surface area contributed by atoms with E-state index < -0.39 is 6.29 Å². The van der Waals surface area contributed by atoms with Crippen LogP contribution in [0.2, 0.25) is 0 Å². The maximum atomic E-state index is 10.8. The van der Waals surface area contributed by atoms with Gasteiger partial charge in [-0.2, -0.15) is 11.8 Å². The SMILES string of the molecule is C=CCC12C(C)CC(SCC)C3(CCCCC31)O[C@@H]2O. The van der Waals surface area contributed by atoms with Crippen molar-refractivity contribution < 1.29 is 9.84 Å². The summed E-state index contributed by atoms with van der Waals surface area (Å²) in [6.07, 6.45) is 8.38. The number of aliphatic hydroxyl groups is 1.